The van der Waals surface area contributed by atoms with Gasteiger partial charge in [0.25, 0.3) is 11.6 Å². The topological polar surface area (TPSA) is 97.6 Å². The smallest absolute Gasteiger partial charge is 0.283 e. The van der Waals surface area contributed by atoms with Crippen LogP contribution in [0.15, 0.2) is 24.4 Å². The van der Waals surface area contributed by atoms with E-state index in [1.807, 2.05) is 26.0 Å². The van der Waals surface area contributed by atoms with Crippen molar-refractivity contribution in [3.8, 4) is 0 Å². The summed E-state index contributed by atoms with van der Waals surface area (Å²) in [7, 11) is 0. The van der Waals surface area contributed by atoms with Crippen LogP contribution in [0.2, 0.25) is 0 Å². The molecule has 0 aromatic carbocycles. The molecule has 1 N–H and O–H groups in total. The molecule has 1 amide bonds. The number of aryl methyl sites for hydroxylation is 1. The molecule has 3 heterocycles. The molecule has 0 spiro atoms. The van der Waals surface area contributed by atoms with Gasteiger partial charge in [0.05, 0.1) is 26.9 Å². The maximum Gasteiger partial charge on any atom is 0.283 e. The number of aromatic nitrogens is 1. The molecule has 9 heteroatoms. The Labute approximate surface area is 161 Å². The molecule has 8 nitrogen and oxygen atoms in total. The molecule has 0 radical (unpaired) electrons. The molecular weight excluding hydrogens is 368 g/mol. The molecule has 2 aromatic heterocycles. The number of nitrogens with one attached hydrogen (secondary N) is 1. The Bertz CT molecular complexity index is 826. The fraction of sp³-hybridized carbons (Fsp3) is 0.444. The number of hydrogen-bond acceptors (Lipinski definition) is 7. The molecular formula is C18H22N4O4S. The lowest BCUT2D eigenvalue weighted by molar-refractivity contribution is -0.385. The van der Waals surface area contributed by atoms with E-state index in [2.05, 4.69) is 15.2 Å². The summed E-state index contributed by atoms with van der Waals surface area (Å²) in [5, 5.41) is 13.7. The van der Waals surface area contributed by atoms with Crippen LogP contribution < -0.4 is 10.2 Å². The van der Waals surface area contributed by atoms with E-state index < -0.39 is 4.92 Å². The predicted molar refractivity (Wildman–Crippen MR) is 103 cm³/mol. The summed E-state index contributed by atoms with van der Waals surface area (Å²) in [6.45, 7) is 7.63. The number of nitro groups is 1. The molecule has 1 aliphatic rings. The number of pyridine rings is 1. The monoisotopic (exact) mass is 390 g/mol. The third kappa shape index (κ3) is 4.61. The summed E-state index contributed by atoms with van der Waals surface area (Å²) in [6.07, 6.45) is 2.06. The molecule has 1 fully saturated rings. The lowest BCUT2D eigenvalue weighted by atomic mass is 10.2. The number of thiophene rings is 1. The predicted octanol–water partition coefficient (Wildman–Crippen LogP) is 2.90. The number of ether oxygens (including phenoxy) is 1. The van der Waals surface area contributed by atoms with E-state index in [4.69, 9.17) is 4.74 Å². The van der Waals surface area contributed by atoms with Gasteiger partial charge in [-0.05, 0) is 32.4 Å². The quantitative estimate of drug-likeness (QED) is 0.623. The van der Waals surface area contributed by atoms with Crippen molar-refractivity contribution >= 4 is 28.7 Å². The molecule has 1 aliphatic heterocycles. The summed E-state index contributed by atoms with van der Waals surface area (Å²) >= 11 is 1.12. The third-order valence-corrected chi connectivity index (χ3v) is 5.36. The Morgan fingerprint density at radius 3 is 2.67 bits per heavy atom. The third-order valence-electron chi connectivity index (χ3n) is 4.32. The normalized spacial score (nSPS) is 19.7. The van der Waals surface area contributed by atoms with Crippen LogP contribution in [-0.4, -0.2) is 41.1 Å². The molecule has 0 bridgehead atoms. The number of nitrogens with zero attached hydrogens (tertiary/aromatic N) is 3. The second-order valence-electron chi connectivity index (χ2n) is 6.68. The Kier molecular flexibility index (Phi) is 5.71. The van der Waals surface area contributed by atoms with Gasteiger partial charge >= 0.3 is 0 Å². The van der Waals surface area contributed by atoms with E-state index >= 15 is 0 Å². The standard InChI is InChI=1S/C18H22N4O4S/c1-11-9-21(10-12(2)26-11)17-5-4-14(7-19-17)8-20-18(23)16-6-15(22(24)25)13(3)27-16/h4-7,11-12H,8-10H2,1-3H3,(H,20,23)/t11-,12-/m1/s1. The molecule has 2 aromatic rings. The van der Waals surface area contributed by atoms with Crippen LogP contribution in [0.4, 0.5) is 11.5 Å². The van der Waals surface area contributed by atoms with Gasteiger partial charge in [0, 0.05) is 31.9 Å². The lowest BCUT2D eigenvalue weighted by Gasteiger charge is -2.36. The van der Waals surface area contributed by atoms with Gasteiger partial charge in [0.2, 0.25) is 0 Å². The highest BCUT2D eigenvalue weighted by Crippen LogP contribution is 2.28. The highest BCUT2D eigenvalue weighted by Gasteiger charge is 2.23. The average Bonchev–Trinajstić information content (AvgIpc) is 3.01. The van der Waals surface area contributed by atoms with Crippen molar-refractivity contribution < 1.29 is 14.5 Å². The molecule has 0 saturated carbocycles. The van der Waals surface area contributed by atoms with E-state index in [-0.39, 0.29) is 23.8 Å². The van der Waals surface area contributed by atoms with E-state index in [9.17, 15) is 14.9 Å². The second kappa shape index (κ2) is 8.01. The summed E-state index contributed by atoms with van der Waals surface area (Å²) < 4.78 is 5.74. The number of carbonyl (C=O) groups excluding carboxylic acids is 1. The van der Waals surface area contributed by atoms with Gasteiger partial charge < -0.3 is 15.0 Å². The highest BCUT2D eigenvalue weighted by atomic mass is 32.1. The number of hydrogen-bond donors (Lipinski definition) is 1. The van der Waals surface area contributed by atoms with E-state index in [1.54, 1.807) is 13.1 Å². The maximum atomic E-state index is 12.2. The Morgan fingerprint density at radius 2 is 2.11 bits per heavy atom. The van der Waals surface area contributed by atoms with Crippen molar-refractivity contribution in [3.05, 3.63) is 49.8 Å². The minimum atomic E-state index is -0.474. The van der Waals surface area contributed by atoms with Crippen LogP contribution in [0.5, 0.6) is 0 Å². The van der Waals surface area contributed by atoms with Crippen molar-refractivity contribution in [2.75, 3.05) is 18.0 Å². The van der Waals surface area contributed by atoms with Gasteiger partial charge in [-0.3, -0.25) is 14.9 Å². The lowest BCUT2D eigenvalue weighted by Crippen LogP contribution is -2.45. The minimum Gasteiger partial charge on any atom is -0.372 e. The largest absolute Gasteiger partial charge is 0.372 e. The summed E-state index contributed by atoms with van der Waals surface area (Å²) in [5.41, 5.74) is 0.842. The number of amides is 1. The number of morpholine rings is 1. The van der Waals surface area contributed by atoms with Crippen LogP contribution in [0.25, 0.3) is 0 Å². The van der Waals surface area contributed by atoms with Gasteiger partial charge in [-0.25, -0.2) is 4.98 Å². The Morgan fingerprint density at radius 1 is 1.41 bits per heavy atom. The van der Waals surface area contributed by atoms with E-state index in [0.29, 0.717) is 16.3 Å². The van der Waals surface area contributed by atoms with E-state index in [1.165, 1.54) is 6.07 Å². The summed E-state index contributed by atoms with van der Waals surface area (Å²) in [6, 6.07) is 5.18. The number of carbonyl (C=O) groups is 1. The molecule has 0 unspecified atom stereocenters. The SMILES string of the molecule is Cc1sc(C(=O)NCc2ccc(N3C[C@@H](C)O[C@H](C)C3)nc2)cc1[N+](=O)[O-]. The first-order valence-electron chi connectivity index (χ1n) is 8.72. The first-order valence-corrected chi connectivity index (χ1v) is 9.53. The molecule has 0 aliphatic carbocycles. The second-order valence-corrected chi connectivity index (χ2v) is 7.94. The van der Waals surface area contributed by atoms with Crippen molar-refractivity contribution in [2.24, 2.45) is 0 Å². The zero-order valence-corrected chi connectivity index (χ0v) is 16.3. The fourth-order valence-electron chi connectivity index (χ4n) is 3.11. The van der Waals surface area contributed by atoms with Crippen LogP contribution in [0.1, 0.15) is 34.0 Å². The molecule has 2 atom stereocenters. The van der Waals surface area contributed by atoms with Gasteiger partial charge in [0.1, 0.15) is 5.82 Å². The molecule has 1 saturated heterocycles. The zero-order valence-electron chi connectivity index (χ0n) is 15.5. The van der Waals surface area contributed by atoms with Gasteiger partial charge in [-0.2, -0.15) is 0 Å². The average molecular weight is 390 g/mol. The van der Waals surface area contributed by atoms with Crippen molar-refractivity contribution in [1.82, 2.24) is 10.3 Å². The molecule has 144 valence electrons. The van der Waals surface area contributed by atoms with Crippen molar-refractivity contribution in [2.45, 2.75) is 39.5 Å². The summed E-state index contributed by atoms with van der Waals surface area (Å²) in [5.74, 6) is 0.563. The highest BCUT2D eigenvalue weighted by molar-refractivity contribution is 7.14. The van der Waals surface area contributed by atoms with Crippen molar-refractivity contribution in [1.29, 1.82) is 0 Å². The number of anilines is 1. The fourth-order valence-corrected chi connectivity index (χ4v) is 4.01. The van der Waals surface area contributed by atoms with Gasteiger partial charge in [0.15, 0.2) is 0 Å². The van der Waals surface area contributed by atoms with Crippen LogP contribution in [0.3, 0.4) is 0 Å². The minimum absolute atomic E-state index is 0.0230. The van der Waals surface area contributed by atoms with E-state index in [0.717, 1.165) is 35.8 Å². The molecule has 27 heavy (non-hydrogen) atoms. The Balaban J connectivity index is 1.59. The summed E-state index contributed by atoms with van der Waals surface area (Å²) in [4.78, 5) is 30.2. The first kappa shape index (κ1) is 19.2. The maximum absolute atomic E-state index is 12.2. The Hall–Kier alpha value is -2.52. The van der Waals surface area contributed by atoms with Gasteiger partial charge in [-0.15, -0.1) is 11.3 Å². The van der Waals surface area contributed by atoms with Crippen LogP contribution in [0, 0.1) is 17.0 Å². The molecule has 3 rings (SSSR count). The van der Waals surface area contributed by atoms with Crippen LogP contribution in [-0.2, 0) is 11.3 Å². The first-order chi connectivity index (χ1) is 12.8. The zero-order chi connectivity index (χ0) is 19.6. The van der Waals surface area contributed by atoms with Crippen molar-refractivity contribution in [3.63, 3.8) is 0 Å². The van der Waals surface area contributed by atoms with Gasteiger partial charge in [-0.1, -0.05) is 6.07 Å². The van der Waals surface area contributed by atoms with Crippen LogP contribution >= 0.6 is 11.3 Å². The number of rotatable bonds is 5.